The van der Waals surface area contributed by atoms with E-state index in [9.17, 15) is 15.0 Å². The SMILES string of the molecule is COc1cc(C=O)c(C(O)C(O)CCCl)cc1OC. The van der Waals surface area contributed by atoms with Gasteiger partial charge in [0.2, 0.25) is 0 Å². The summed E-state index contributed by atoms with van der Waals surface area (Å²) in [6.45, 7) is 0. The van der Waals surface area contributed by atoms with E-state index >= 15 is 0 Å². The van der Waals surface area contributed by atoms with E-state index < -0.39 is 12.2 Å². The third-order valence-corrected chi connectivity index (χ3v) is 3.02. The molecule has 0 saturated heterocycles. The number of halogens is 1. The van der Waals surface area contributed by atoms with Crippen LogP contribution in [0.5, 0.6) is 11.5 Å². The van der Waals surface area contributed by atoms with Gasteiger partial charge in [-0.2, -0.15) is 0 Å². The topological polar surface area (TPSA) is 76.0 Å². The monoisotopic (exact) mass is 288 g/mol. The maximum Gasteiger partial charge on any atom is 0.161 e. The molecule has 2 N–H and O–H groups in total. The summed E-state index contributed by atoms with van der Waals surface area (Å²) in [5.74, 6) is 0.967. The Morgan fingerprint density at radius 1 is 1.26 bits per heavy atom. The number of ether oxygens (including phenoxy) is 2. The number of methoxy groups -OCH3 is 2. The second-order valence-electron chi connectivity index (χ2n) is 3.94. The number of aliphatic hydroxyl groups excluding tert-OH is 2. The predicted molar refractivity (Wildman–Crippen MR) is 71.2 cm³/mol. The number of alkyl halides is 1. The molecule has 1 aromatic rings. The average Bonchev–Trinajstić information content (AvgIpc) is 2.45. The third kappa shape index (κ3) is 3.59. The molecule has 0 heterocycles. The Balaban J connectivity index is 3.21. The fourth-order valence-corrected chi connectivity index (χ4v) is 1.97. The van der Waals surface area contributed by atoms with Gasteiger partial charge in [-0.05, 0) is 24.1 Å². The van der Waals surface area contributed by atoms with Crippen LogP contribution >= 0.6 is 11.6 Å². The van der Waals surface area contributed by atoms with Gasteiger partial charge in [0, 0.05) is 11.4 Å². The van der Waals surface area contributed by atoms with Gasteiger partial charge in [0.05, 0.1) is 20.3 Å². The van der Waals surface area contributed by atoms with E-state index in [0.717, 1.165) is 0 Å². The lowest BCUT2D eigenvalue weighted by molar-refractivity contribution is 0.0165. The molecule has 0 bridgehead atoms. The van der Waals surface area contributed by atoms with E-state index in [4.69, 9.17) is 21.1 Å². The molecule has 0 saturated carbocycles. The Hall–Kier alpha value is -1.30. The molecule has 2 unspecified atom stereocenters. The Morgan fingerprint density at radius 3 is 2.32 bits per heavy atom. The van der Waals surface area contributed by atoms with Gasteiger partial charge in [0.1, 0.15) is 6.10 Å². The standard InChI is InChI=1S/C13H17ClO5/c1-18-11-5-8(7-15)9(6-12(11)19-2)13(17)10(16)3-4-14/h5-7,10,13,16-17H,3-4H2,1-2H3. The minimum absolute atomic E-state index is 0.210. The lowest BCUT2D eigenvalue weighted by atomic mass is 9.97. The van der Waals surface area contributed by atoms with Crippen molar-refractivity contribution in [1.82, 2.24) is 0 Å². The maximum absolute atomic E-state index is 11.1. The maximum atomic E-state index is 11.1. The first-order valence-electron chi connectivity index (χ1n) is 5.72. The molecule has 19 heavy (non-hydrogen) atoms. The zero-order valence-electron chi connectivity index (χ0n) is 10.8. The molecule has 2 atom stereocenters. The fourth-order valence-electron chi connectivity index (χ4n) is 1.75. The van der Waals surface area contributed by atoms with Crippen LogP contribution in [0.1, 0.15) is 28.4 Å². The number of hydrogen-bond donors (Lipinski definition) is 2. The van der Waals surface area contributed by atoms with Crippen LogP contribution in [-0.2, 0) is 0 Å². The predicted octanol–water partition coefficient (Wildman–Crippen LogP) is 1.54. The van der Waals surface area contributed by atoms with Gasteiger partial charge in [-0.15, -0.1) is 11.6 Å². The van der Waals surface area contributed by atoms with E-state index in [0.29, 0.717) is 17.8 Å². The van der Waals surface area contributed by atoms with E-state index in [-0.39, 0.29) is 23.4 Å². The molecule has 0 radical (unpaired) electrons. The largest absolute Gasteiger partial charge is 0.493 e. The molecule has 1 aromatic carbocycles. The number of hydrogen-bond acceptors (Lipinski definition) is 5. The van der Waals surface area contributed by atoms with Crippen molar-refractivity contribution in [3.63, 3.8) is 0 Å². The minimum atomic E-state index is -1.21. The lowest BCUT2D eigenvalue weighted by Crippen LogP contribution is -2.20. The second kappa shape index (κ2) is 7.33. The van der Waals surface area contributed by atoms with Gasteiger partial charge < -0.3 is 19.7 Å². The number of carbonyl (C=O) groups is 1. The molecule has 0 aromatic heterocycles. The van der Waals surface area contributed by atoms with Crippen LogP contribution in [0.4, 0.5) is 0 Å². The summed E-state index contributed by atoms with van der Waals surface area (Å²) in [6, 6.07) is 2.93. The number of carbonyl (C=O) groups excluding carboxylic acids is 1. The molecule has 0 aliphatic heterocycles. The number of aliphatic hydroxyl groups is 2. The van der Waals surface area contributed by atoms with Crippen molar-refractivity contribution in [2.45, 2.75) is 18.6 Å². The van der Waals surface area contributed by atoms with Crippen molar-refractivity contribution in [3.05, 3.63) is 23.3 Å². The Morgan fingerprint density at radius 2 is 1.84 bits per heavy atom. The first-order chi connectivity index (χ1) is 9.08. The van der Waals surface area contributed by atoms with Gasteiger partial charge in [-0.1, -0.05) is 0 Å². The molecule has 0 spiro atoms. The molecule has 6 heteroatoms. The second-order valence-corrected chi connectivity index (χ2v) is 4.32. The quantitative estimate of drug-likeness (QED) is 0.588. The summed E-state index contributed by atoms with van der Waals surface area (Å²) in [5, 5.41) is 19.8. The van der Waals surface area contributed by atoms with Crippen molar-refractivity contribution in [2.24, 2.45) is 0 Å². The van der Waals surface area contributed by atoms with E-state index in [1.807, 2.05) is 0 Å². The van der Waals surface area contributed by atoms with Crippen molar-refractivity contribution in [3.8, 4) is 11.5 Å². The first-order valence-corrected chi connectivity index (χ1v) is 6.25. The van der Waals surface area contributed by atoms with Crippen molar-refractivity contribution < 1.29 is 24.5 Å². The molecular weight excluding hydrogens is 272 g/mol. The highest BCUT2D eigenvalue weighted by molar-refractivity contribution is 6.17. The highest BCUT2D eigenvalue weighted by Gasteiger charge is 2.23. The zero-order valence-corrected chi connectivity index (χ0v) is 11.6. The smallest absolute Gasteiger partial charge is 0.161 e. The molecule has 106 valence electrons. The van der Waals surface area contributed by atoms with Crippen molar-refractivity contribution >= 4 is 17.9 Å². The summed E-state index contributed by atoms with van der Waals surface area (Å²) >= 11 is 5.52. The first kappa shape index (κ1) is 15.8. The lowest BCUT2D eigenvalue weighted by Gasteiger charge is -2.20. The third-order valence-electron chi connectivity index (χ3n) is 2.80. The van der Waals surface area contributed by atoms with E-state index in [2.05, 4.69) is 0 Å². The summed E-state index contributed by atoms with van der Waals surface area (Å²) in [5.41, 5.74) is 0.518. The molecular formula is C13H17ClO5. The Bertz CT molecular complexity index is 435. The molecule has 0 aliphatic carbocycles. The van der Waals surface area contributed by atoms with Crippen LogP contribution in [0, 0.1) is 0 Å². The number of aldehydes is 1. The van der Waals surface area contributed by atoms with Gasteiger partial charge >= 0.3 is 0 Å². The van der Waals surface area contributed by atoms with Crippen LogP contribution < -0.4 is 9.47 Å². The van der Waals surface area contributed by atoms with Crippen LogP contribution in [0.3, 0.4) is 0 Å². The van der Waals surface area contributed by atoms with Gasteiger partial charge in [-0.3, -0.25) is 4.79 Å². The molecule has 5 nitrogen and oxygen atoms in total. The fraction of sp³-hybridized carbons (Fsp3) is 0.462. The minimum Gasteiger partial charge on any atom is -0.493 e. The zero-order chi connectivity index (χ0) is 14.4. The summed E-state index contributed by atoms with van der Waals surface area (Å²) in [6.07, 6.45) is -1.45. The van der Waals surface area contributed by atoms with E-state index in [1.54, 1.807) is 0 Å². The summed E-state index contributed by atoms with van der Waals surface area (Å²) < 4.78 is 10.2. The van der Waals surface area contributed by atoms with Gasteiger partial charge in [0.25, 0.3) is 0 Å². The van der Waals surface area contributed by atoms with Crippen LogP contribution in [0.2, 0.25) is 0 Å². The van der Waals surface area contributed by atoms with Crippen molar-refractivity contribution in [2.75, 3.05) is 20.1 Å². The highest BCUT2D eigenvalue weighted by Crippen LogP contribution is 2.34. The molecule has 0 amide bonds. The average molecular weight is 289 g/mol. The van der Waals surface area contributed by atoms with Crippen molar-refractivity contribution in [1.29, 1.82) is 0 Å². The number of benzene rings is 1. The van der Waals surface area contributed by atoms with Crippen LogP contribution in [-0.4, -0.2) is 42.7 Å². The summed E-state index contributed by atoms with van der Waals surface area (Å²) in [7, 11) is 2.90. The highest BCUT2D eigenvalue weighted by atomic mass is 35.5. The van der Waals surface area contributed by atoms with Gasteiger partial charge in [0.15, 0.2) is 17.8 Å². The normalized spacial score (nSPS) is 13.7. The molecule has 1 rings (SSSR count). The van der Waals surface area contributed by atoms with Crippen LogP contribution in [0.25, 0.3) is 0 Å². The van der Waals surface area contributed by atoms with Crippen LogP contribution in [0.15, 0.2) is 12.1 Å². The van der Waals surface area contributed by atoms with Gasteiger partial charge in [-0.25, -0.2) is 0 Å². The van der Waals surface area contributed by atoms with E-state index in [1.165, 1.54) is 26.4 Å². The molecule has 0 fully saturated rings. The Labute approximate surface area is 116 Å². The summed E-state index contributed by atoms with van der Waals surface area (Å²) in [4.78, 5) is 11.1. The molecule has 0 aliphatic rings. The number of rotatable bonds is 7. The Kier molecular flexibility index (Phi) is 6.08.